The third-order valence-electron chi connectivity index (χ3n) is 1.61. The first kappa shape index (κ1) is 9.23. The van der Waals surface area contributed by atoms with E-state index in [0.717, 1.165) is 5.56 Å². The molecule has 0 aliphatic rings. The molecular weight excluding hydrogens is 152 g/mol. The van der Waals surface area contributed by atoms with Crippen molar-refractivity contribution >= 4 is 0 Å². The highest BCUT2D eigenvalue weighted by Gasteiger charge is 1.99. The molecule has 0 N–H and O–H groups in total. The summed E-state index contributed by atoms with van der Waals surface area (Å²) in [6, 6.07) is 9.84. The molecule has 0 amide bonds. The summed E-state index contributed by atoms with van der Waals surface area (Å²) < 4.78 is 5.26. The highest BCUT2D eigenvalue weighted by atomic mass is 16.5. The van der Waals surface area contributed by atoms with Gasteiger partial charge >= 0.3 is 0 Å². The van der Waals surface area contributed by atoms with Gasteiger partial charge in [0, 0.05) is 0 Å². The monoisotopic (exact) mass is 165 g/mol. The van der Waals surface area contributed by atoms with Crippen molar-refractivity contribution in [3.05, 3.63) is 35.9 Å². The number of benzene rings is 1. The Labute approximate surface area is 72.8 Å². The molecule has 0 bridgehead atoms. The Hall–Kier alpha value is -0.860. The summed E-state index contributed by atoms with van der Waals surface area (Å²) in [6.07, 6.45) is -0.190. The Kier molecular flexibility index (Phi) is 3.77. The van der Waals surface area contributed by atoms with Crippen molar-refractivity contribution < 1.29 is 9.84 Å². The van der Waals surface area contributed by atoms with Crippen molar-refractivity contribution in [2.75, 3.05) is 6.61 Å². The molecule has 1 radical (unpaired) electrons. The average Bonchev–Trinajstić information content (AvgIpc) is 2.16. The molecular formula is C10H13O2. The van der Waals surface area contributed by atoms with Crippen LogP contribution in [-0.4, -0.2) is 12.7 Å². The predicted octanol–water partition coefficient (Wildman–Crippen LogP) is 2.02. The van der Waals surface area contributed by atoms with Crippen LogP contribution in [0.4, 0.5) is 0 Å². The van der Waals surface area contributed by atoms with Crippen LogP contribution in [0.15, 0.2) is 30.3 Å². The minimum Gasteiger partial charge on any atom is -0.371 e. The smallest absolute Gasteiger partial charge is 0.108 e. The first-order valence-electron chi connectivity index (χ1n) is 4.06. The van der Waals surface area contributed by atoms with Gasteiger partial charge in [0.15, 0.2) is 0 Å². The van der Waals surface area contributed by atoms with Crippen LogP contribution >= 0.6 is 0 Å². The van der Waals surface area contributed by atoms with E-state index in [9.17, 15) is 5.11 Å². The van der Waals surface area contributed by atoms with E-state index in [2.05, 4.69) is 0 Å². The van der Waals surface area contributed by atoms with Crippen molar-refractivity contribution in [2.45, 2.75) is 19.6 Å². The van der Waals surface area contributed by atoms with Crippen molar-refractivity contribution in [1.29, 1.82) is 0 Å². The molecule has 0 aliphatic carbocycles. The molecule has 1 unspecified atom stereocenters. The minimum absolute atomic E-state index is 0.174. The zero-order valence-electron chi connectivity index (χ0n) is 7.19. The van der Waals surface area contributed by atoms with Gasteiger partial charge < -0.3 is 4.74 Å². The molecule has 0 saturated carbocycles. The standard InChI is InChI=1S/C10H13O2/c1-9(7-11)12-8-10-5-3-2-4-6-10/h2-6,9H,7-8H2,1H3. The van der Waals surface area contributed by atoms with Gasteiger partial charge in [-0.05, 0) is 12.5 Å². The van der Waals surface area contributed by atoms with Crippen LogP contribution in [0.2, 0.25) is 0 Å². The molecule has 0 saturated heterocycles. The summed E-state index contributed by atoms with van der Waals surface area (Å²) in [5, 5.41) is 10.3. The molecule has 12 heavy (non-hydrogen) atoms. The molecule has 2 heteroatoms. The Morgan fingerprint density at radius 2 is 2.00 bits per heavy atom. The van der Waals surface area contributed by atoms with E-state index in [-0.39, 0.29) is 12.7 Å². The van der Waals surface area contributed by atoms with E-state index in [1.807, 2.05) is 30.3 Å². The maximum absolute atomic E-state index is 10.3. The van der Waals surface area contributed by atoms with Crippen molar-refractivity contribution in [1.82, 2.24) is 0 Å². The Morgan fingerprint density at radius 3 is 2.58 bits per heavy atom. The van der Waals surface area contributed by atoms with E-state index >= 15 is 0 Å². The molecule has 0 aromatic heterocycles. The highest BCUT2D eigenvalue weighted by Crippen LogP contribution is 2.02. The normalized spacial score (nSPS) is 12.8. The van der Waals surface area contributed by atoms with Gasteiger partial charge in [-0.2, -0.15) is 0 Å². The van der Waals surface area contributed by atoms with Crippen molar-refractivity contribution in [3.63, 3.8) is 0 Å². The number of hydrogen-bond acceptors (Lipinski definition) is 1. The first-order valence-corrected chi connectivity index (χ1v) is 4.06. The largest absolute Gasteiger partial charge is 0.371 e. The lowest BCUT2D eigenvalue weighted by molar-refractivity contribution is -0.00682. The first-order chi connectivity index (χ1) is 5.83. The zero-order valence-corrected chi connectivity index (χ0v) is 7.19. The van der Waals surface area contributed by atoms with E-state index in [4.69, 9.17) is 4.74 Å². The van der Waals surface area contributed by atoms with Gasteiger partial charge in [-0.25, -0.2) is 5.11 Å². The molecule has 1 atom stereocenters. The van der Waals surface area contributed by atoms with Crippen LogP contribution in [0.5, 0.6) is 0 Å². The molecule has 0 spiro atoms. The van der Waals surface area contributed by atoms with Crippen molar-refractivity contribution in [2.24, 2.45) is 0 Å². The van der Waals surface area contributed by atoms with E-state index in [1.165, 1.54) is 0 Å². The fourth-order valence-corrected chi connectivity index (χ4v) is 0.861. The van der Waals surface area contributed by atoms with Crippen LogP contribution in [0.1, 0.15) is 12.5 Å². The third-order valence-corrected chi connectivity index (χ3v) is 1.61. The Bertz CT molecular complexity index is 208. The number of rotatable bonds is 4. The van der Waals surface area contributed by atoms with Gasteiger partial charge in [-0.1, -0.05) is 30.3 Å². The van der Waals surface area contributed by atoms with Gasteiger partial charge in [0.2, 0.25) is 0 Å². The van der Waals surface area contributed by atoms with Gasteiger partial charge in [-0.15, -0.1) is 0 Å². The van der Waals surface area contributed by atoms with Crippen LogP contribution in [-0.2, 0) is 16.5 Å². The van der Waals surface area contributed by atoms with Gasteiger partial charge in [0.1, 0.15) is 6.61 Å². The lowest BCUT2D eigenvalue weighted by Crippen LogP contribution is -2.11. The zero-order chi connectivity index (χ0) is 8.81. The van der Waals surface area contributed by atoms with Crippen LogP contribution in [0.3, 0.4) is 0 Å². The van der Waals surface area contributed by atoms with E-state index < -0.39 is 0 Å². The Balaban J connectivity index is 2.33. The molecule has 0 aliphatic heterocycles. The Morgan fingerprint density at radius 1 is 1.33 bits per heavy atom. The second kappa shape index (κ2) is 4.91. The SMILES string of the molecule is CC(C[O])OCc1ccccc1. The summed E-state index contributed by atoms with van der Waals surface area (Å²) in [4.78, 5) is 0. The summed E-state index contributed by atoms with van der Waals surface area (Å²) in [5.74, 6) is 0. The topological polar surface area (TPSA) is 29.1 Å². The molecule has 0 fully saturated rings. The summed E-state index contributed by atoms with van der Waals surface area (Å²) >= 11 is 0. The highest BCUT2D eigenvalue weighted by molar-refractivity contribution is 5.13. The fourth-order valence-electron chi connectivity index (χ4n) is 0.861. The van der Waals surface area contributed by atoms with Gasteiger partial charge in [-0.3, -0.25) is 0 Å². The fraction of sp³-hybridized carbons (Fsp3) is 0.400. The summed E-state index contributed by atoms with van der Waals surface area (Å²) in [6.45, 7) is 2.15. The number of hydrogen-bond donors (Lipinski definition) is 0. The molecule has 2 nitrogen and oxygen atoms in total. The van der Waals surface area contributed by atoms with E-state index in [0.29, 0.717) is 6.61 Å². The quantitative estimate of drug-likeness (QED) is 0.671. The summed E-state index contributed by atoms with van der Waals surface area (Å²) in [7, 11) is 0. The molecule has 0 heterocycles. The molecule has 1 aromatic rings. The van der Waals surface area contributed by atoms with Crippen LogP contribution in [0.25, 0.3) is 0 Å². The average molecular weight is 165 g/mol. The predicted molar refractivity (Wildman–Crippen MR) is 46.2 cm³/mol. The second-order valence-electron chi connectivity index (χ2n) is 2.77. The maximum atomic E-state index is 10.3. The molecule has 65 valence electrons. The minimum atomic E-state index is -0.190. The molecule has 1 rings (SSSR count). The lowest BCUT2D eigenvalue weighted by atomic mass is 10.2. The maximum Gasteiger partial charge on any atom is 0.108 e. The summed E-state index contributed by atoms with van der Waals surface area (Å²) in [5.41, 5.74) is 1.11. The van der Waals surface area contributed by atoms with Crippen molar-refractivity contribution in [3.8, 4) is 0 Å². The van der Waals surface area contributed by atoms with Crippen LogP contribution in [0, 0.1) is 0 Å². The lowest BCUT2D eigenvalue weighted by Gasteiger charge is -2.08. The molecule has 1 aromatic carbocycles. The van der Waals surface area contributed by atoms with E-state index in [1.54, 1.807) is 6.92 Å². The number of ether oxygens (including phenoxy) is 1. The second-order valence-corrected chi connectivity index (χ2v) is 2.77. The van der Waals surface area contributed by atoms with Gasteiger partial charge in [0.05, 0.1) is 12.7 Å². The third kappa shape index (κ3) is 3.03. The van der Waals surface area contributed by atoms with Gasteiger partial charge in [0.25, 0.3) is 0 Å². The van der Waals surface area contributed by atoms with Crippen LogP contribution < -0.4 is 0 Å².